The summed E-state index contributed by atoms with van der Waals surface area (Å²) in [7, 11) is 0. The van der Waals surface area contributed by atoms with Gasteiger partial charge in [-0.3, -0.25) is 9.36 Å². The van der Waals surface area contributed by atoms with Gasteiger partial charge in [0.15, 0.2) is 17.3 Å². The molecule has 0 spiro atoms. The zero-order valence-electron chi connectivity index (χ0n) is 17.4. The highest BCUT2D eigenvalue weighted by Crippen LogP contribution is 2.36. The van der Waals surface area contributed by atoms with Gasteiger partial charge < -0.3 is 20.5 Å². The number of nitrogens with two attached hydrogens (primary N) is 1. The number of nitrogens with zero attached hydrogens (tertiary/aromatic N) is 3. The van der Waals surface area contributed by atoms with Crippen LogP contribution in [0.2, 0.25) is 0 Å². The molecule has 0 radical (unpaired) electrons. The number of halogens is 3. The summed E-state index contributed by atoms with van der Waals surface area (Å²) in [5.74, 6) is -4.30. The molecule has 3 atom stereocenters. The first kappa shape index (κ1) is 21.4. The van der Waals surface area contributed by atoms with Crippen LogP contribution in [0.15, 0.2) is 29.2 Å². The lowest BCUT2D eigenvalue weighted by molar-refractivity contribution is 0.0695. The molecule has 1 aromatic carbocycles. The van der Waals surface area contributed by atoms with E-state index in [1.807, 2.05) is 0 Å². The number of carboxylic acid groups (broad SMARTS) is 1. The molecule has 0 saturated carbocycles. The number of anilines is 1. The second-order valence-corrected chi connectivity index (χ2v) is 8.22. The van der Waals surface area contributed by atoms with Crippen molar-refractivity contribution in [3.8, 4) is 5.69 Å². The van der Waals surface area contributed by atoms with E-state index >= 15 is 4.39 Å². The van der Waals surface area contributed by atoms with Crippen molar-refractivity contribution < 1.29 is 27.8 Å². The van der Waals surface area contributed by atoms with Gasteiger partial charge in [0.05, 0.1) is 29.3 Å². The van der Waals surface area contributed by atoms with Crippen molar-refractivity contribution >= 4 is 22.8 Å². The minimum absolute atomic E-state index is 0.0906. The molecule has 8 nitrogen and oxygen atoms in total. The molecule has 3 N–H and O–H groups in total. The number of aromatic nitrogens is 2. The van der Waals surface area contributed by atoms with E-state index in [-0.39, 0.29) is 52.8 Å². The SMILES string of the molecule is Cc1c(F)c(N2C[C@H](N)[C@H]3OCC[C@H]32)nc2c1c(=O)c(C(=O)O)cn2-c1ccc(F)cc1F. The first-order chi connectivity index (χ1) is 15.7. The summed E-state index contributed by atoms with van der Waals surface area (Å²) in [4.78, 5) is 30.7. The molecule has 2 aliphatic heterocycles. The number of carboxylic acids is 1. The van der Waals surface area contributed by atoms with Crippen molar-refractivity contribution in [2.45, 2.75) is 31.5 Å². The Morgan fingerprint density at radius 1 is 1.30 bits per heavy atom. The third-order valence-electron chi connectivity index (χ3n) is 6.30. The van der Waals surface area contributed by atoms with Crippen molar-refractivity contribution in [2.24, 2.45) is 5.73 Å². The second-order valence-electron chi connectivity index (χ2n) is 8.22. The third-order valence-corrected chi connectivity index (χ3v) is 6.30. The predicted molar refractivity (Wildman–Crippen MR) is 112 cm³/mol. The van der Waals surface area contributed by atoms with Crippen LogP contribution in [0.4, 0.5) is 19.0 Å². The number of ether oxygens (including phenoxy) is 1. The summed E-state index contributed by atoms with van der Waals surface area (Å²) in [5, 5.41) is 9.21. The maximum Gasteiger partial charge on any atom is 0.341 e. The summed E-state index contributed by atoms with van der Waals surface area (Å²) in [6, 6.07) is 2.10. The van der Waals surface area contributed by atoms with Gasteiger partial charge in [0, 0.05) is 31.0 Å². The van der Waals surface area contributed by atoms with E-state index in [4.69, 9.17) is 10.5 Å². The largest absolute Gasteiger partial charge is 0.477 e. The molecule has 172 valence electrons. The molecule has 3 aromatic rings. The minimum Gasteiger partial charge on any atom is -0.477 e. The molecule has 2 aliphatic rings. The molecular formula is C22H19F3N4O4. The van der Waals surface area contributed by atoms with Crippen molar-refractivity contribution in [1.82, 2.24) is 9.55 Å². The van der Waals surface area contributed by atoms with E-state index in [2.05, 4.69) is 4.98 Å². The normalized spacial score (nSPS) is 22.2. The highest BCUT2D eigenvalue weighted by molar-refractivity contribution is 5.94. The summed E-state index contributed by atoms with van der Waals surface area (Å²) in [5.41, 5.74) is 3.98. The first-order valence-corrected chi connectivity index (χ1v) is 10.3. The van der Waals surface area contributed by atoms with Gasteiger partial charge in [-0.05, 0) is 25.5 Å². The quantitative estimate of drug-likeness (QED) is 0.616. The van der Waals surface area contributed by atoms with Gasteiger partial charge in [-0.25, -0.2) is 22.9 Å². The number of carbonyl (C=O) groups is 1. The molecule has 0 bridgehead atoms. The molecule has 4 heterocycles. The Bertz CT molecular complexity index is 1380. The van der Waals surface area contributed by atoms with E-state index in [0.29, 0.717) is 19.1 Å². The van der Waals surface area contributed by atoms with E-state index in [9.17, 15) is 23.5 Å². The van der Waals surface area contributed by atoms with Gasteiger partial charge in [0.1, 0.15) is 17.2 Å². The van der Waals surface area contributed by atoms with Crippen molar-refractivity contribution in [2.75, 3.05) is 18.1 Å². The van der Waals surface area contributed by atoms with E-state index < -0.39 is 34.4 Å². The highest BCUT2D eigenvalue weighted by atomic mass is 19.1. The Morgan fingerprint density at radius 3 is 2.76 bits per heavy atom. The Hall–Kier alpha value is -3.44. The average molecular weight is 460 g/mol. The number of rotatable bonds is 3. The monoisotopic (exact) mass is 460 g/mol. The zero-order chi connectivity index (χ0) is 23.6. The number of hydrogen-bond acceptors (Lipinski definition) is 6. The van der Waals surface area contributed by atoms with Gasteiger partial charge in [0.2, 0.25) is 5.43 Å². The fraction of sp³-hybridized carbons (Fsp3) is 0.318. The van der Waals surface area contributed by atoms with Gasteiger partial charge in [-0.2, -0.15) is 0 Å². The fourth-order valence-corrected chi connectivity index (χ4v) is 4.74. The molecule has 2 saturated heterocycles. The van der Waals surface area contributed by atoms with E-state index in [1.165, 1.54) is 6.92 Å². The fourth-order valence-electron chi connectivity index (χ4n) is 4.74. The van der Waals surface area contributed by atoms with Crippen LogP contribution in [0.5, 0.6) is 0 Å². The van der Waals surface area contributed by atoms with Crippen LogP contribution < -0.4 is 16.1 Å². The van der Waals surface area contributed by atoms with Gasteiger partial charge in [0.25, 0.3) is 0 Å². The number of benzene rings is 1. The number of fused-ring (bicyclic) bond motifs is 2. The number of aromatic carboxylic acids is 1. The van der Waals surface area contributed by atoms with Crippen LogP contribution >= 0.6 is 0 Å². The lowest BCUT2D eigenvalue weighted by Crippen LogP contribution is -2.35. The summed E-state index contributed by atoms with van der Waals surface area (Å²) >= 11 is 0. The van der Waals surface area contributed by atoms with E-state index in [0.717, 1.165) is 22.9 Å². The van der Waals surface area contributed by atoms with Crippen LogP contribution in [0.3, 0.4) is 0 Å². The van der Waals surface area contributed by atoms with Crippen molar-refractivity contribution in [3.63, 3.8) is 0 Å². The van der Waals surface area contributed by atoms with Crippen LogP contribution in [-0.2, 0) is 4.74 Å². The van der Waals surface area contributed by atoms with E-state index in [1.54, 1.807) is 4.90 Å². The van der Waals surface area contributed by atoms with Crippen molar-refractivity contribution in [3.05, 3.63) is 63.2 Å². The molecular weight excluding hydrogens is 441 g/mol. The van der Waals surface area contributed by atoms with Crippen molar-refractivity contribution in [1.29, 1.82) is 0 Å². The Kier molecular flexibility index (Phi) is 4.91. The molecule has 2 aromatic heterocycles. The third kappa shape index (κ3) is 3.18. The number of pyridine rings is 2. The summed E-state index contributed by atoms with van der Waals surface area (Å²) in [6.07, 6.45) is 1.22. The lowest BCUT2D eigenvalue weighted by Gasteiger charge is -2.25. The molecule has 2 fully saturated rings. The molecule has 5 rings (SSSR count). The standard InChI is InChI=1S/C22H19F3N4O4/c1-9-16-18(30)11(22(31)32)7-28(14-3-2-10(23)6-12(14)24)20(16)27-21(17(9)25)29-8-13(26)19-15(29)4-5-33-19/h2-3,6-7,13,15,19H,4-5,8,26H2,1H3,(H,31,32)/t13-,15+,19+/m0/s1. The number of hydrogen-bond donors (Lipinski definition) is 2. The Balaban J connectivity index is 1.83. The maximum atomic E-state index is 15.5. The summed E-state index contributed by atoms with van der Waals surface area (Å²) in [6.45, 7) is 2.05. The minimum atomic E-state index is -1.57. The highest BCUT2D eigenvalue weighted by Gasteiger charge is 2.45. The predicted octanol–water partition coefficient (Wildman–Crippen LogP) is 2.11. The van der Waals surface area contributed by atoms with Crippen LogP contribution in [-0.4, -0.2) is 52.0 Å². The first-order valence-electron chi connectivity index (χ1n) is 10.3. The van der Waals surface area contributed by atoms with Gasteiger partial charge in [-0.15, -0.1) is 0 Å². The maximum absolute atomic E-state index is 15.5. The molecule has 11 heteroatoms. The van der Waals surface area contributed by atoms with Gasteiger partial charge >= 0.3 is 5.97 Å². The lowest BCUT2D eigenvalue weighted by atomic mass is 10.1. The average Bonchev–Trinajstić information content (AvgIpc) is 3.35. The smallest absolute Gasteiger partial charge is 0.341 e. The van der Waals surface area contributed by atoms with Crippen LogP contribution in [0.25, 0.3) is 16.7 Å². The zero-order valence-corrected chi connectivity index (χ0v) is 17.4. The molecule has 0 unspecified atom stereocenters. The molecule has 0 amide bonds. The van der Waals surface area contributed by atoms with Gasteiger partial charge in [-0.1, -0.05) is 0 Å². The second kappa shape index (κ2) is 7.56. The topological polar surface area (TPSA) is 111 Å². The Labute approximate surface area is 185 Å². The Morgan fingerprint density at radius 2 is 2.06 bits per heavy atom. The summed E-state index contributed by atoms with van der Waals surface area (Å²) < 4.78 is 50.4. The van der Waals surface area contributed by atoms with Crippen LogP contribution in [0, 0.1) is 24.4 Å². The van der Waals surface area contributed by atoms with Crippen LogP contribution in [0.1, 0.15) is 22.3 Å². The molecule has 0 aliphatic carbocycles. The number of aryl methyl sites for hydroxylation is 1. The molecule has 33 heavy (non-hydrogen) atoms.